The van der Waals surface area contributed by atoms with Crippen molar-refractivity contribution in [2.24, 2.45) is 0 Å². The van der Waals surface area contributed by atoms with Crippen molar-refractivity contribution < 1.29 is 9.90 Å². The molecule has 1 saturated heterocycles. The molecule has 0 bridgehead atoms. The number of benzene rings is 1. The van der Waals surface area contributed by atoms with Crippen LogP contribution in [-0.2, 0) is 11.2 Å². The first kappa shape index (κ1) is 9.98. The van der Waals surface area contributed by atoms with Crippen molar-refractivity contribution >= 4 is 11.6 Å². The molecule has 80 valence electrons. The second kappa shape index (κ2) is 4.31. The summed E-state index contributed by atoms with van der Waals surface area (Å²) >= 11 is 0. The summed E-state index contributed by atoms with van der Waals surface area (Å²) in [7, 11) is 0. The molecule has 0 unspecified atom stereocenters. The van der Waals surface area contributed by atoms with E-state index < -0.39 is 0 Å². The Hall–Kier alpha value is -1.55. The van der Waals surface area contributed by atoms with Crippen molar-refractivity contribution in [3.05, 3.63) is 29.8 Å². The quantitative estimate of drug-likeness (QED) is 0.755. The minimum Gasteiger partial charge on any atom is -0.396 e. The van der Waals surface area contributed by atoms with E-state index in [4.69, 9.17) is 5.11 Å². The third-order valence-corrected chi connectivity index (χ3v) is 2.47. The van der Waals surface area contributed by atoms with Gasteiger partial charge in [0.25, 0.3) is 0 Å². The average Bonchev–Trinajstić information content (AvgIpc) is 2.67. The van der Waals surface area contributed by atoms with Gasteiger partial charge in [0, 0.05) is 19.6 Å². The summed E-state index contributed by atoms with van der Waals surface area (Å²) in [4.78, 5) is 11.0. The molecule has 1 heterocycles. The van der Waals surface area contributed by atoms with Crippen LogP contribution in [-0.4, -0.2) is 24.2 Å². The van der Waals surface area contributed by atoms with Crippen LogP contribution in [0.15, 0.2) is 24.3 Å². The summed E-state index contributed by atoms with van der Waals surface area (Å²) in [6, 6.07) is 7.85. The van der Waals surface area contributed by atoms with E-state index in [0.717, 1.165) is 17.8 Å². The summed E-state index contributed by atoms with van der Waals surface area (Å²) in [5.41, 5.74) is 4.86. The molecule has 1 fully saturated rings. The summed E-state index contributed by atoms with van der Waals surface area (Å²) < 4.78 is 0. The topological polar surface area (TPSA) is 52.6 Å². The van der Waals surface area contributed by atoms with Gasteiger partial charge in [-0.15, -0.1) is 0 Å². The fourth-order valence-corrected chi connectivity index (χ4v) is 1.64. The normalized spacial score (nSPS) is 15.5. The zero-order chi connectivity index (χ0) is 10.7. The first-order chi connectivity index (χ1) is 7.29. The fraction of sp³-hybridized carbons (Fsp3) is 0.364. The van der Waals surface area contributed by atoms with Crippen LogP contribution < -0.4 is 10.4 Å². The second-order valence-electron chi connectivity index (χ2n) is 3.58. The van der Waals surface area contributed by atoms with Crippen LogP contribution in [0.5, 0.6) is 0 Å². The van der Waals surface area contributed by atoms with E-state index in [0.29, 0.717) is 12.8 Å². The van der Waals surface area contributed by atoms with Crippen molar-refractivity contribution in [3.63, 3.8) is 0 Å². The Bertz CT molecular complexity index is 348. The first-order valence-electron chi connectivity index (χ1n) is 5.06. The van der Waals surface area contributed by atoms with E-state index in [1.54, 1.807) is 0 Å². The van der Waals surface area contributed by atoms with Gasteiger partial charge in [-0.2, -0.15) is 0 Å². The predicted molar refractivity (Wildman–Crippen MR) is 57.3 cm³/mol. The van der Waals surface area contributed by atoms with E-state index in [1.807, 2.05) is 29.3 Å². The highest BCUT2D eigenvalue weighted by atomic mass is 16.3. The molecule has 15 heavy (non-hydrogen) atoms. The third kappa shape index (κ3) is 2.27. The molecule has 0 radical (unpaired) electrons. The van der Waals surface area contributed by atoms with Crippen molar-refractivity contribution in [1.29, 1.82) is 0 Å². The van der Waals surface area contributed by atoms with Gasteiger partial charge in [0.1, 0.15) is 0 Å². The molecule has 0 atom stereocenters. The molecule has 2 rings (SSSR count). The van der Waals surface area contributed by atoms with Gasteiger partial charge in [-0.1, -0.05) is 12.1 Å². The molecule has 1 aliphatic heterocycles. The van der Waals surface area contributed by atoms with Crippen molar-refractivity contribution in [2.75, 3.05) is 18.2 Å². The Balaban J connectivity index is 2.06. The Morgan fingerprint density at radius 3 is 2.60 bits per heavy atom. The number of amides is 1. The lowest BCUT2D eigenvalue weighted by atomic mass is 10.1. The number of hydrogen-bond donors (Lipinski definition) is 2. The predicted octanol–water partition coefficient (Wildman–Crippen LogP) is 0.463. The number of carbonyl (C=O) groups is 1. The number of nitrogens with one attached hydrogen (secondary N) is 1. The second-order valence-corrected chi connectivity index (χ2v) is 3.58. The Labute approximate surface area is 88.5 Å². The average molecular weight is 206 g/mol. The van der Waals surface area contributed by atoms with Gasteiger partial charge in [-0.3, -0.25) is 15.2 Å². The standard InChI is InChI=1S/C11H14N2O2/c14-8-6-9-1-3-10(4-2-9)13-7-5-11(15)12-13/h1-4,14H,5-8H2,(H,12,15). The SMILES string of the molecule is O=C1CCN(c2ccc(CCO)cc2)N1. The van der Waals surface area contributed by atoms with E-state index in [1.165, 1.54) is 0 Å². The monoisotopic (exact) mass is 206 g/mol. The molecule has 1 aromatic carbocycles. The highest BCUT2D eigenvalue weighted by Crippen LogP contribution is 2.16. The molecule has 0 aliphatic carbocycles. The lowest BCUT2D eigenvalue weighted by Gasteiger charge is -2.17. The van der Waals surface area contributed by atoms with E-state index in [-0.39, 0.29) is 12.5 Å². The molecule has 0 saturated carbocycles. The summed E-state index contributed by atoms with van der Waals surface area (Å²) in [5.74, 6) is 0.0643. The van der Waals surface area contributed by atoms with Gasteiger partial charge in [-0.25, -0.2) is 0 Å². The van der Waals surface area contributed by atoms with Crippen LogP contribution in [0.1, 0.15) is 12.0 Å². The van der Waals surface area contributed by atoms with Crippen LogP contribution in [0.3, 0.4) is 0 Å². The summed E-state index contributed by atoms with van der Waals surface area (Å²) in [5, 5.41) is 10.6. The van der Waals surface area contributed by atoms with Gasteiger partial charge in [0.2, 0.25) is 5.91 Å². The molecule has 0 aromatic heterocycles. The van der Waals surface area contributed by atoms with E-state index in [9.17, 15) is 4.79 Å². The van der Waals surface area contributed by atoms with Crippen LogP contribution in [0.25, 0.3) is 0 Å². The molecule has 0 spiro atoms. The maximum atomic E-state index is 11.0. The largest absolute Gasteiger partial charge is 0.396 e. The van der Waals surface area contributed by atoms with Crippen LogP contribution >= 0.6 is 0 Å². The molecular weight excluding hydrogens is 192 g/mol. The highest BCUT2D eigenvalue weighted by molar-refractivity contribution is 5.81. The van der Waals surface area contributed by atoms with Crippen molar-refractivity contribution in [3.8, 4) is 0 Å². The van der Waals surface area contributed by atoms with Gasteiger partial charge in [0.15, 0.2) is 0 Å². The molecular formula is C11H14N2O2. The zero-order valence-electron chi connectivity index (χ0n) is 8.44. The zero-order valence-corrected chi connectivity index (χ0v) is 8.44. The molecule has 4 heteroatoms. The van der Waals surface area contributed by atoms with Crippen LogP contribution in [0.2, 0.25) is 0 Å². The summed E-state index contributed by atoms with van der Waals surface area (Å²) in [6.45, 7) is 0.887. The van der Waals surface area contributed by atoms with Crippen LogP contribution in [0.4, 0.5) is 5.69 Å². The number of anilines is 1. The molecule has 1 amide bonds. The van der Waals surface area contributed by atoms with Gasteiger partial charge >= 0.3 is 0 Å². The lowest BCUT2D eigenvalue weighted by Crippen LogP contribution is -2.32. The number of nitrogens with zero attached hydrogens (tertiary/aromatic N) is 1. The van der Waals surface area contributed by atoms with Crippen molar-refractivity contribution in [1.82, 2.24) is 5.43 Å². The first-order valence-corrected chi connectivity index (χ1v) is 5.06. The number of hydrogen-bond acceptors (Lipinski definition) is 3. The Morgan fingerprint density at radius 2 is 2.07 bits per heavy atom. The number of hydrazine groups is 1. The molecule has 1 aliphatic rings. The molecule has 4 nitrogen and oxygen atoms in total. The van der Waals surface area contributed by atoms with E-state index >= 15 is 0 Å². The number of aliphatic hydroxyl groups excluding tert-OH is 1. The maximum absolute atomic E-state index is 11.0. The third-order valence-electron chi connectivity index (χ3n) is 2.47. The van der Waals surface area contributed by atoms with Gasteiger partial charge in [-0.05, 0) is 24.1 Å². The molecule has 1 aromatic rings. The minimum atomic E-state index is 0.0643. The van der Waals surface area contributed by atoms with Gasteiger partial charge < -0.3 is 5.11 Å². The fourth-order valence-electron chi connectivity index (χ4n) is 1.64. The highest BCUT2D eigenvalue weighted by Gasteiger charge is 2.17. The van der Waals surface area contributed by atoms with Gasteiger partial charge in [0.05, 0.1) is 5.69 Å². The maximum Gasteiger partial charge on any atom is 0.240 e. The minimum absolute atomic E-state index is 0.0643. The Morgan fingerprint density at radius 1 is 1.33 bits per heavy atom. The lowest BCUT2D eigenvalue weighted by molar-refractivity contribution is -0.119. The van der Waals surface area contributed by atoms with E-state index in [2.05, 4.69) is 5.43 Å². The smallest absolute Gasteiger partial charge is 0.240 e. The van der Waals surface area contributed by atoms with Crippen LogP contribution in [0, 0.1) is 0 Å². The number of carbonyl (C=O) groups excluding carboxylic acids is 1. The number of aliphatic hydroxyl groups is 1. The summed E-state index contributed by atoms with van der Waals surface area (Å²) in [6.07, 6.45) is 1.23. The molecule has 2 N–H and O–H groups in total. The Kier molecular flexibility index (Phi) is 2.87. The number of rotatable bonds is 3. The van der Waals surface area contributed by atoms with Crippen molar-refractivity contribution in [2.45, 2.75) is 12.8 Å².